The zero-order valence-electron chi connectivity index (χ0n) is 18.4. The Bertz CT molecular complexity index is 1470. The molecule has 7 rings (SSSR count). The van der Waals surface area contributed by atoms with Crippen molar-refractivity contribution in [2.45, 2.75) is 28.8 Å². The average molecular weight is 530 g/mol. The Morgan fingerprint density at radius 3 is 2.53 bits per heavy atom. The second-order valence-electron chi connectivity index (χ2n) is 9.81. The van der Waals surface area contributed by atoms with Gasteiger partial charge in [0.25, 0.3) is 0 Å². The summed E-state index contributed by atoms with van der Waals surface area (Å²) in [4.78, 5) is 48.5. The molecule has 7 atom stereocenters. The van der Waals surface area contributed by atoms with E-state index >= 15 is 0 Å². The van der Waals surface area contributed by atoms with Crippen LogP contribution in [0.2, 0.25) is 0 Å². The highest BCUT2D eigenvalue weighted by Gasteiger charge is 2.69. The van der Waals surface area contributed by atoms with Gasteiger partial charge < -0.3 is 4.98 Å². The first-order chi connectivity index (χ1) is 17.2. The first-order valence-electron chi connectivity index (χ1n) is 11.6. The fourth-order valence-corrected chi connectivity index (χ4v) is 9.91. The van der Waals surface area contributed by atoms with E-state index in [1.165, 1.54) is 23.5 Å². The maximum Gasteiger partial charge on any atom is 0.416 e. The Morgan fingerprint density at radius 1 is 1.03 bits per heavy atom. The van der Waals surface area contributed by atoms with Crippen LogP contribution in [0.25, 0.3) is 0 Å². The number of rotatable bonds is 2. The Morgan fingerprint density at radius 2 is 1.81 bits per heavy atom. The lowest BCUT2D eigenvalue weighted by Crippen LogP contribution is -2.42. The van der Waals surface area contributed by atoms with Gasteiger partial charge in [-0.1, -0.05) is 23.5 Å². The predicted molar refractivity (Wildman–Crippen MR) is 127 cm³/mol. The summed E-state index contributed by atoms with van der Waals surface area (Å²) in [5.41, 5.74) is 0.0336. The van der Waals surface area contributed by atoms with Crippen LogP contribution in [0.1, 0.15) is 28.3 Å². The van der Waals surface area contributed by atoms with E-state index in [1.807, 2.05) is 12.1 Å². The number of imide groups is 1. The van der Waals surface area contributed by atoms with Gasteiger partial charge in [0.05, 0.1) is 28.1 Å². The number of pyridine rings is 1. The first kappa shape index (κ1) is 22.3. The molecule has 2 saturated carbocycles. The number of H-pyrrole nitrogens is 1. The average Bonchev–Trinajstić information content (AvgIpc) is 3.58. The molecule has 2 aliphatic heterocycles. The van der Waals surface area contributed by atoms with Gasteiger partial charge in [0.15, 0.2) is 0 Å². The first-order valence-corrected chi connectivity index (χ1v) is 13.3. The van der Waals surface area contributed by atoms with Gasteiger partial charge in [-0.2, -0.15) is 13.2 Å². The van der Waals surface area contributed by atoms with Crippen LogP contribution in [0.4, 0.5) is 18.9 Å². The normalized spacial score (nSPS) is 32.5. The van der Waals surface area contributed by atoms with Crippen LogP contribution in [0.5, 0.6) is 0 Å². The number of benzene rings is 1. The van der Waals surface area contributed by atoms with E-state index < -0.39 is 35.4 Å². The third kappa shape index (κ3) is 2.98. The molecule has 1 aromatic carbocycles. The zero-order valence-corrected chi connectivity index (χ0v) is 20.1. The Hall–Kier alpha value is -2.92. The van der Waals surface area contributed by atoms with Crippen LogP contribution in [-0.4, -0.2) is 27.0 Å². The largest absolute Gasteiger partial charge is 0.416 e. The molecule has 184 valence electrons. The standard InChI is InChI=1S/C25H18F3N3O3S2/c26-25(27,28)11-4-1-5-12(7-11)31-22(32)17-13-8-14(18(17)23(31)33)19-16(13)15(10-3-2-6-29-9-10)20-21(35-19)30-24(34)36-20/h1-7,9,13-19H,8H2,(H,30,34)/t13-,14-,15-,16-,17+,18-,19-/m1/s1. The molecular formula is C25H18F3N3O3S2. The number of halogens is 3. The second-order valence-corrected chi connectivity index (χ2v) is 12.0. The van der Waals surface area contributed by atoms with Gasteiger partial charge in [0.1, 0.15) is 0 Å². The molecular weight excluding hydrogens is 511 g/mol. The number of nitrogens with one attached hydrogen (secondary N) is 1. The molecule has 2 bridgehead atoms. The zero-order chi connectivity index (χ0) is 24.9. The molecule has 1 N–H and O–H groups in total. The van der Waals surface area contributed by atoms with Gasteiger partial charge >= 0.3 is 11.0 Å². The fraction of sp³-hybridized carbons (Fsp3) is 0.360. The number of thioether (sulfide) groups is 1. The van der Waals surface area contributed by atoms with Crippen molar-refractivity contribution in [1.29, 1.82) is 0 Å². The topological polar surface area (TPSA) is 83.1 Å². The SMILES string of the molecule is O=C1[C@@H]2[C@H]3C[C@@H]([C@@H]2C(=O)N1c1cccc(C(F)(F)F)c1)[C@@H]1[C@@H](c2cccnc2)c2sc(=O)[nH]c2S[C@H]31. The van der Waals surface area contributed by atoms with Crippen molar-refractivity contribution in [3.63, 3.8) is 0 Å². The van der Waals surface area contributed by atoms with Crippen molar-refractivity contribution in [2.24, 2.45) is 29.6 Å². The van der Waals surface area contributed by atoms with Gasteiger partial charge in [-0.15, -0.1) is 11.8 Å². The number of carbonyl (C=O) groups is 2. The number of aromatic nitrogens is 2. The number of amides is 2. The van der Waals surface area contributed by atoms with E-state index in [4.69, 9.17) is 0 Å². The smallest absolute Gasteiger partial charge is 0.307 e. The Kier molecular flexibility index (Phi) is 4.67. The number of nitrogens with zero attached hydrogens (tertiary/aromatic N) is 2. The van der Waals surface area contributed by atoms with Crippen LogP contribution < -0.4 is 9.77 Å². The summed E-state index contributed by atoms with van der Waals surface area (Å²) < 4.78 is 40.0. The highest BCUT2D eigenvalue weighted by atomic mass is 32.2. The lowest BCUT2D eigenvalue weighted by Gasteiger charge is -2.42. The number of aromatic amines is 1. The van der Waals surface area contributed by atoms with Crippen molar-refractivity contribution in [3.8, 4) is 0 Å². The van der Waals surface area contributed by atoms with E-state index in [9.17, 15) is 27.6 Å². The van der Waals surface area contributed by atoms with Gasteiger partial charge in [-0.3, -0.25) is 24.3 Å². The van der Waals surface area contributed by atoms with E-state index in [2.05, 4.69) is 9.97 Å². The second kappa shape index (κ2) is 7.55. The van der Waals surface area contributed by atoms with Gasteiger partial charge in [0, 0.05) is 28.4 Å². The highest BCUT2D eigenvalue weighted by molar-refractivity contribution is 8.00. The summed E-state index contributed by atoms with van der Waals surface area (Å²) in [6.07, 6.45) is -0.400. The van der Waals surface area contributed by atoms with E-state index in [-0.39, 0.29) is 39.5 Å². The lowest BCUT2D eigenvalue weighted by molar-refractivity contribution is -0.137. The molecule has 11 heteroatoms. The molecule has 1 saturated heterocycles. The van der Waals surface area contributed by atoms with Crippen molar-refractivity contribution in [1.82, 2.24) is 9.97 Å². The summed E-state index contributed by atoms with van der Waals surface area (Å²) in [6.45, 7) is 0. The van der Waals surface area contributed by atoms with Crippen LogP contribution >= 0.6 is 23.1 Å². The number of thiazole rings is 1. The number of anilines is 1. The van der Waals surface area contributed by atoms with Crippen LogP contribution in [0, 0.1) is 29.6 Å². The number of alkyl halides is 3. The minimum absolute atomic E-state index is 0.0115. The molecule has 2 aromatic heterocycles. The maximum absolute atomic E-state index is 13.7. The summed E-state index contributed by atoms with van der Waals surface area (Å²) in [5.74, 6) is -2.30. The molecule has 4 aliphatic rings. The molecule has 3 fully saturated rings. The van der Waals surface area contributed by atoms with Gasteiger partial charge in [0.2, 0.25) is 11.8 Å². The number of hydrogen-bond acceptors (Lipinski definition) is 6. The van der Waals surface area contributed by atoms with E-state index in [0.29, 0.717) is 6.42 Å². The molecule has 2 aliphatic carbocycles. The maximum atomic E-state index is 13.7. The lowest BCUT2D eigenvalue weighted by atomic mass is 9.68. The van der Waals surface area contributed by atoms with Gasteiger partial charge in [-0.25, -0.2) is 0 Å². The molecule has 0 unspecified atom stereocenters. The third-order valence-corrected chi connectivity index (χ3v) is 10.8. The fourth-order valence-electron chi connectivity index (χ4n) is 7.03. The highest BCUT2D eigenvalue weighted by Crippen LogP contribution is 2.68. The van der Waals surface area contributed by atoms with Crippen LogP contribution in [0.3, 0.4) is 0 Å². The minimum atomic E-state index is -4.58. The minimum Gasteiger partial charge on any atom is -0.307 e. The van der Waals surface area contributed by atoms with Crippen molar-refractivity contribution < 1.29 is 22.8 Å². The molecule has 6 nitrogen and oxygen atoms in total. The molecule has 0 radical (unpaired) electrons. The Labute approximate surface area is 210 Å². The summed E-state index contributed by atoms with van der Waals surface area (Å²) in [5, 5.41) is 0.813. The van der Waals surface area contributed by atoms with Crippen LogP contribution in [0.15, 0.2) is 58.6 Å². The van der Waals surface area contributed by atoms with Crippen molar-refractivity contribution in [3.05, 3.63) is 74.5 Å². The molecule has 36 heavy (non-hydrogen) atoms. The molecule has 0 spiro atoms. The summed E-state index contributed by atoms with van der Waals surface area (Å²) >= 11 is 2.74. The summed E-state index contributed by atoms with van der Waals surface area (Å²) in [6, 6.07) is 8.24. The quantitative estimate of drug-likeness (QED) is 0.494. The Balaban J connectivity index is 1.30. The van der Waals surface area contributed by atoms with Crippen molar-refractivity contribution in [2.75, 3.05) is 4.90 Å². The predicted octanol–water partition coefficient (Wildman–Crippen LogP) is 4.53. The number of carbonyl (C=O) groups excluding carboxylic acids is 2. The number of hydrogen-bond donors (Lipinski definition) is 1. The molecule has 2 amide bonds. The van der Waals surface area contributed by atoms with Crippen LogP contribution in [-0.2, 0) is 15.8 Å². The van der Waals surface area contributed by atoms with E-state index in [0.717, 1.165) is 32.5 Å². The van der Waals surface area contributed by atoms with Crippen molar-refractivity contribution >= 4 is 40.6 Å². The third-order valence-electron chi connectivity index (χ3n) is 8.20. The molecule has 4 heterocycles. The van der Waals surface area contributed by atoms with E-state index in [1.54, 1.807) is 24.2 Å². The monoisotopic (exact) mass is 529 g/mol. The summed E-state index contributed by atoms with van der Waals surface area (Å²) in [7, 11) is 0. The molecule has 3 aromatic rings. The van der Waals surface area contributed by atoms with Gasteiger partial charge in [-0.05, 0) is 54.0 Å². The number of fused-ring (bicyclic) bond motifs is 9.